The van der Waals surface area contributed by atoms with Crippen molar-refractivity contribution in [2.45, 2.75) is 33.3 Å². The molecular weight excluding hydrogens is 330 g/mol. The molecular formula is C21H21NO4. The molecule has 2 amide bonds. The van der Waals surface area contributed by atoms with E-state index in [1.807, 2.05) is 38.1 Å². The van der Waals surface area contributed by atoms with Gasteiger partial charge in [0.25, 0.3) is 11.8 Å². The van der Waals surface area contributed by atoms with Crippen LogP contribution < -0.4 is 0 Å². The molecule has 1 aliphatic rings. The van der Waals surface area contributed by atoms with Crippen molar-refractivity contribution in [2.75, 3.05) is 6.54 Å². The fraction of sp³-hybridized carbons (Fsp3) is 0.286. The van der Waals surface area contributed by atoms with Gasteiger partial charge in [-0.05, 0) is 37.1 Å². The van der Waals surface area contributed by atoms with Crippen molar-refractivity contribution in [3.8, 4) is 0 Å². The Labute approximate surface area is 152 Å². The highest BCUT2D eigenvalue weighted by atomic mass is 16.5. The Kier molecular flexibility index (Phi) is 5.16. The van der Waals surface area contributed by atoms with Crippen LogP contribution in [-0.2, 0) is 11.3 Å². The molecule has 0 aliphatic carbocycles. The van der Waals surface area contributed by atoms with Gasteiger partial charge in [0.2, 0.25) is 0 Å². The number of benzene rings is 2. The first kappa shape index (κ1) is 17.9. The van der Waals surface area contributed by atoms with E-state index in [0.717, 1.165) is 24.0 Å². The second kappa shape index (κ2) is 7.52. The van der Waals surface area contributed by atoms with E-state index in [0.29, 0.717) is 12.1 Å². The lowest BCUT2D eigenvalue weighted by Gasteiger charge is -2.12. The molecule has 1 aliphatic heterocycles. The number of amides is 2. The predicted molar refractivity (Wildman–Crippen MR) is 97.0 cm³/mol. The molecule has 2 aromatic rings. The fourth-order valence-corrected chi connectivity index (χ4v) is 2.85. The fourth-order valence-electron chi connectivity index (χ4n) is 2.85. The van der Waals surface area contributed by atoms with E-state index in [-0.39, 0.29) is 29.5 Å². The van der Waals surface area contributed by atoms with E-state index < -0.39 is 5.97 Å². The summed E-state index contributed by atoms with van der Waals surface area (Å²) in [5.74, 6) is -1.15. The second-order valence-corrected chi connectivity index (χ2v) is 6.44. The van der Waals surface area contributed by atoms with Gasteiger partial charge in [-0.3, -0.25) is 14.5 Å². The number of hydrogen-bond acceptors (Lipinski definition) is 4. The Balaban J connectivity index is 1.72. The molecule has 5 nitrogen and oxygen atoms in total. The third-order valence-corrected chi connectivity index (χ3v) is 4.43. The molecule has 0 bridgehead atoms. The van der Waals surface area contributed by atoms with Gasteiger partial charge in [-0.1, -0.05) is 43.2 Å². The highest BCUT2D eigenvalue weighted by Gasteiger charge is 2.35. The van der Waals surface area contributed by atoms with Crippen molar-refractivity contribution in [3.05, 3.63) is 70.3 Å². The summed E-state index contributed by atoms with van der Waals surface area (Å²) in [6.07, 6.45) is 1.65. The molecule has 26 heavy (non-hydrogen) atoms. The third-order valence-electron chi connectivity index (χ3n) is 4.43. The Bertz CT molecular complexity index is 855. The van der Waals surface area contributed by atoms with Gasteiger partial charge in [0, 0.05) is 6.54 Å². The first-order valence-electron chi connectivity index (χ1n) is 8.74. The van der Waals surface area contributed by atoms with E-state index in [1.54, 1.807) is 0 Å². The average Bonchev–Trinajstić information content (AvgIpc) is 2.89. The lowest BCUT2D eigenvalue weighted by atomic mass is 10.1. The van der Waals surface area contributed by atoms with Gasteiger partial charge < -0.3 is 4.74 Å². The summed E-state index contributed by atoms with van der Waals surface area (Å²) in [4.78, 5) is 38.3. The number of aryl methyl sites for hydroxylation is 1. The van der Waals surface area contributed by atoms with Crippen LogP contribution in [0.1, 0.15) is 62.0 Å². The second-order valence-electron chi connectivity index (χ2n) is 6.44. The molecule has 0 atom stereocenters. The van der Waals surface area contributed by atoms with Crippen LogP contribution in [0.4, 0.5) is 0 Å². The molecule has 0 aromatic heterocycles. The first-order valence-corrected chi connectivity index (χ1v) is 8.74. The number of imide groups is 1. The Morgan fingerprint density at radius 2 is 1.69 bits per heavy atom. The number of fused-ring (bicyclic) bond motifs is 1. The van der Waals surface area contributed by atoms with Crippen molar-refractivity contribution < 1.29 is 19.1 Å². The number of esters is 1. The zero-order valence-corrected chi connectivity index (χ0v) is 15.0. The number of rotatable bonds is 6. The maximum absolute atomic E-state index is 12.5. The van der Waals surface area contributed by atoms with Crippen molar-refractivity contribution >= 4 is 17.8 Å². The zero-order valence-electron chi connectivity index (χ0n) is 15.0. The monoisotopic (exact) mass is 351 g/mol. The van der Waals surface area contributed by atoms with Crippen LogP contribution in [0.2, 0.25) is 0 Å². The highest BCUT2D eigenvalue weighted by Crippen LogP contribution is 2.25. The summed E-state index contributed by atoms with van der Waals surface area (Å²) in [6, 6.07) is 12.2. The Hall–Kier alpha value is -2.95. The lowest BCUT2D eigenvalue weighted by Crippen LogP contribution is -2.30. The lowest BCUT2D eigenvalue weighted by molar-refractivity contribution is 0.0472. The average molecular weight is 351 g/mol. The smallest absolute Gasteiger partial charge is 0.338 e. The molecule has 0 radical (unpaired) electrons. The number of carbonyl (C=O) groups excluding carboxylic acids is 3. The molecule has 0 spiro atoms. The predicted octanol–water partition coefficient (Wildman–Crippen LogP) is 3.75. The van der Waals surface area contributed by atoms with Gasteiger partial charge in [0.05, 0.1) is 16.7 Å². The van der Waals surface area contributed by atoms with E-state index in [4.69, 9.17) is 4.74 Å². The maximum atomic E-state index is 12.5. The largest absolute Gasteiger partial charge is 0.457 e. The number of nitrogens with zero attached hydrogens (tertiary/aromatic N) is 1. The topological polar surface area (TPSA) is 63.7 Å². The Morgan fingerprint density at radius 3 is 2.38 bits per heavy atom. The molecule has 5 heteroatoms. The Morgan fingerprint density at radius 1 is 1.00 bits per heavy atom. The molecule has 0 saturated heterocycles. The van der Waals surface area contributed by atoms with E-state index in [2.05, 4.69) is 0 Å². The van der Waals surface area contributed by atoms with Crippen molar-refractivity contribution in [1.82, 2.24) is 4.90 Å². The minimum Gasteiger partial charge on any atom is -0.457 e. The van der Waals surface area contributed by atoms with Crippen molar-refractivity contribution in [1.29, 1.82) is 0 Å². The summed E-state index contributed by atoms with van der Waals surface area (Å²) in [7, 11) is 0. The van der Waals surface area contributed by atoms with Gasteiger partial charge in [-0.25, -0.2) is 4.79 Å². The van der Waals surface area contributed by atoms with Crippen LogP contribution >= 0.6 is 0 Å². The van der Waals surface area contributed by atoms with Crippen LogP contribution in [0, 0.1) is 6.92 Å². The van der Waals surface area contributed by atoms with Gasteiger partial charge in [-0.2, -0.15) is 0 Å². The molecule has 0 unspecified atom stereocenters. The maximum Gasteiger partial charge on any atom is 0.338 e. The minimum absolute atomic E-state index is 0.158. The standard InChI is InChI=1S/C21H21NO4/c1-3-4-11-22-19(23)17-10-9-16(12-18(17)20(22)24)21(25)26-13-15-7-5-14(2)6-8-15/h5-10,12H,3-4,11,13H2,1-2H3. The van der Waals surface area contributed by atoms with E-state index in [9.17, 15) is 14.4 Å². The number of hydrogen-bond donors (Lipinski definition) is 0. The van der Waals surface area contributed by atoms with Crippen LogP contribution in [0.3, 0.4) is 0 Å². The van der Waals surface area contributed by atoms with Crippen LogP contribution in [0.15, 0.2) is 42.5 Å². The number of ether oxygens (including phenoxy) is 1. The summed E-state index contributed by atoms with van der Waals surface area (Å²) in [5.41, 5.74) is 2.92. The highest BCUT2D eigenvalue weighted by molar-refractivity contribution is 6.21. The minimum atomic E-state index is -0.513. The van der Waals surface area contributed by atoms with Gasteiger partial charge in [0.1, 0.15) is 6.61 Å². The third kappa shape index (κ3) is 3.52. The quantitative estimate of drug-likeness (QED) is 0.587. The summed E-state index contributed by atoms with van der Waals surface area (Å²) in [6.45, 7) is 4.55. The van der Waals surface area contributed by atoms with Crippen LogP contribution in [0.25, 0.3) is 0 Å². The molecule has 0 N–H and O–H groups in total. The first-order chi connectivity index (χ1) is 12.5. The van der Waals surface area contributed by atoms with Gasteiger partial charge in [0.15, 0.2) is 0 Å². The van der Waals surface area contributed by atoms with E-state index in [1.165, 1.54) is 23.1 Å². The van der Waals surface area contributed by atoms with Crippen molar-refractivity contribution in [2.24, 2.45) is 0 Å². The number of carbonyl (C=O) groups is 3. The SMILES string of the molecule is CCCCN1C(=O)c2ccc(C(=O)OCc3ccc(C)cc3)cc2C1=O. The molecule has 134 valence electrons. The molecule has 1 heterocycles. The summed E-state index contributed by atoms with van der Waals surface area (Å²) >= 11 is 0. The summed E-state index contributed by atoms with van der Waals surface area (Å²) in [5, 5.41) is 0. The molecule has 0 saturated carbocycles. The van der Waals surface area contributed by atoms with E-state index >= 15 is 0 Å². The molecule has 0 fully saturated rings. The molecule has 3 rings (SSSR count). The van der Waals surface area contributed by atoms with Gasteiger partial charge >= 0.3 is 5.97 Å². The van der Waals surface area contributed by atoms with Crippen LogP contribution in [0.5, 0.6) is 0 Å². The molecule has 2 aromatic carbocycles. The summed E-state index contributed by atoms with van der Waals surface area (Å²) < 4.78 is 5.32. The number of unbranched alkanes of at least 4 members (excludes halogenated alkanes) is 1. The normalized spacial score (nSPS) is 13.1. The van der Waals surface area contributed by atoms with Crippen molar-refractivity contribution in [3.63, 3.8) is 0 Å². The van der Waals surface area contributed by atoms with Gasteiger partial charge in [-0.15, -0.1) is 0 Å². The zero-order chi connectivity index (χ0) is 18.7. The van der Waals surface area contributed by atoms with Crippen LogP contribution in [-0.4, -0.2) is 29.2 Å².